The molecule has 3 nitrogen and oxygen atoms in total. The van der Waals surface area contributed by atoms with Crippen LogP contribution in [-0.2, 0) is 9.84 Å². The van der Waals surface area contributed by atoms with E-state index in [9.17, 15) is 17.6 Å². The van der Waals surface area contributed by atoms with Gasteiger partial charge >= 0.3 is 0 Å². The highest BCUT2D eigenvalue weighted by atomic mass is 127. The Labute approximate surface area is 105 Å². The average molecular weight is 363 g/mol. The smallest absolute Gasteiger partial charge is 0.223 e. The summed E-state index contributed by atoms with van der Waals surface area (Å²) in [5.41, 5.74) is -0.0147. The van der Waals surface area contributed by atoms with Crippen molar-refractivity contribution in [3.8, 4) is 0 Å². The molecule has 0 radical (unpaired) electrons. The second-order valence-electron chi connectivity index (χ2n) is 2.81. The normalized spacial score (nSPS) is 11.5. The molecule has 0 N–H and O–H groups in total. The third kappa shape index (κ3) is 2.88. The van der Waals surface area contributed by atoms with Gasteiger partial charge in [0.15, 0.2) is 9.84 Å². The van der Waals surface area contributed by atoms with Crippen LogP contribution in [0.5, 0.6) is 0 Å². The Hall–Kier alpha value is -0.210. The molecule has 1 aromatic carbocycles. The van der Waals surface area contributed by atoms with Crippen molar-refractivity contribution in [2.45, 2.75) is 4.90 Å². The molecule has 0 spiro atoms. The number of carbonyl (C=O) groups is 1. The molecule has 0 fully saturated rings. The number of hydrogen-bond acceptors (Lipinski definition) is 3. The minimum Gasteiger partial charge on any atom is -0.282 e. The molecule has 15 heavy (non-hydrogen) atoms. The first-order chi connectivity index (χ1) is 6.73. The van der Waals surface area contributed by atoms with Gasteiger partial charge in [-0.15, -0.1) is 0 Å². The van der Waals surface area contributed by atoms with Crippen molar-refractivity contribution in [3.63, 3.8) is 0 Å². The summed E-state index contributed by atoms with van der Waals surface area (Å²) in [5.74, 6) is -0.955. The highest BCUT2D eigenvalue weighted by molar-refractivity contribution is 14.1. The predicted octanol–water partition coefficient (Wildman–Crippen LogP) is 2.46. The van der Waals surface area contributed by atoms with E-state index in [-0.39, 0.29) is 10.6 Å². The van der Waals surface area contributed by atoms with Crippen LogP contribution < -0.4 is 0 Å². The number of sulfone groups is 1. The zero-order valence-corrected chi connectivity index (χ0v) is 11.2. The molecule has 0 unspecified atom stereocenters. The van der Waals surface area contributed by atoms with Crippen LogP contribution in [0.2, 0.25) is 5.02 Å². The number of halogens is 3. The SMILES string of the molecule is CS(=O)(=O)c1cc(C(=O)I)c(Cl)cc1F. The lowest BCUT2D eigenvalue weighted by atomic mass is 10.2. The molecule has 0 saturated carbocycles. The molecule has 0 amide bonds. The van der Waals surface area contributed by atoms with Gasteiger partial charge in [0.05, 0.1) is 5.02 Å². The Morgan fingerprint density at radius 3 is 2.40 bits per heavy atom. The van der Waals surface area contributed by atoms with Crippen molar-refractivity contribution in [2.75, 3.05) is 6.26 Å². The third-order valence-electron chi connectivity index (χ3n) is 1.63. The van der Waals surface area contributed by atoms with Crippen LogP contribution in [0.3, 0.4) is 0 Å². The van der Waals surface area contributed by atoms with Crippen LogP contribution in [0.1, 0.15) is 10.4 Å². The lowest BCUT2D eigenvalue weighted by molar-refractivity contribution is 0.110. The lowest BCUT2D eigenvalue weighted by Gasteiger charge is -2.04. The van der Waals surface area contributed by atoms with Crippen LogP contribution in [0.4, 0.5) is 4.39 Å². The van der Waals surface area contributed by atoms with E-state index in [1.165, 1.54) is 22.6 Å². The number of benzene rings is 1. The maximum Gasteiger partial charge on any atom is 0.223 e. The first-order valence-corrected chi connectivity index (χ1v) is 6.97. The van der Waals surface area contributed by atoms with Crippen molar-refractivity contribution in [1.82, 2.24) is 0 Å². The highest BCUT2D eigenvalue weighted by Gasteiger charge is 2.18. The summed E-state index contributed by atoms with van der Waals surface area (Å²) in [7, 11) is -3.70. The van der Waals surface area contributed by atoms with E-state index in [0.29, 0.717) is 0 Å². The van der Waals surface area contributed by atoms with Crippen molar-refractivity contribution >= 4 is 47.8 Å². The average Bonchev–Trinajstić information content (AvgIpc) is 2.00. The summed E-state index contributed by atoms with van der Waals surface area (Å²) in [4.78, 5) is 10.5. The minimum atomic E-state index is -3.70. The number of hydrogen-bond donors (Lipinski definition) is 0. The second-order valence-corrected chi connectivity index (χ2v) is 6.18. The minimum absolute atomic E-state index is 0.0147. The van der Waals surface area contributed by atoms with Gasteiger partial charge in [-0.2, -0.15) is 0 Å². The molecule has 0 aliphatic heterocycles. The van der Waals surface area contributed by atoms with Gasteiger partial charge in [0.25, 0.3) is 0 Å². The van der Waals surface area contributed by atoms with Crippen LogP contribution in [0, 0.1) is 5.82 Å². The standard InChI is InChI=1S/C8H5ClFIO3S/c1-15(13,14)7-2-4(8(11)12)5(9)3-6(7)10/h2-3H,1H3. The zero-order chi connectivity index (χ0) is 11.8. The summed E-state index contributed by atoms with van der Waals surface area (Å²) < 4.78 is 35.1. The molecular weight excluding hydrogens is 358 g/mol. The van der Waals surface area contributed by atoms with E-state index in [1.807, 2.05) is 0 Å². The summed E-state index contributed by atoms with van der Waals surface area (Å²) in [5, 5.41) is -0.0979. The van der Waals surface area contributed by atoms with Crippen LogP contribution in [-0.4, -0.2) is 18.5 Å². The largest absolute Gasteiger partial charge is 0.282 e. The zero-order valence-electron chi connectivity index (χ0n) is 7.42. The maximum atomic E-state index is 13.2. The van der Waals surface area contributed by atoms with Gasteiger partial charge in [0.1, 0.15) is 10.7 Å². The van der Waals surface area contributed by atoms with Gasteiger partial charge in [-0.3, -0.25) is 4.79 Å². The van der Waals surface area contributed by atoms with Crippen molar-refractivity contribution in [2.24, 2.45) is 0 Å². The summed E-state index contributed by atoms with van der Waals surface area (Å²) in [6, 6.07) is 1.77. The first-order valence-electron chi connectivity index (χ1n) is 3.62. The highest BCUT2D eigenvalue weighted by Crippen LogP contribution is 2.25. The van der Waals surface area contributed by atoms with Gasteiger partial charge in [-0.25, -0.2) is 12.8 Å². The maximum absolute atomic E-state index is 13.2. The van der Waals surface area contributed by atoms with Crippen LogP contribution >= 0.6 is 34.2 Å². The molecule has 1 aromatic rings. The molecular formula is C8H5ClFIO3S. The predicted molar refractivity (Wildman–Crippen MR) is 62.9 cm³/mol. The molecule has 0 bridgehead atoms. The molecule has 7 heteroatoms. The molecule has 0 heterocycles. The quantitative estimate of drug-likeness (QED) is 0.600. The van der Waals surface area contributed by atoms with Crippen LogP contribution in [0.15, 0.2) is 17.0 Å². The summed E-state index contributed by atoms with van der Waals surface area (Å²) in [6.45, 7) is 0. The van der Waals surface area contributed by atoms with Crippen molar-refractivity contribution in [3.05, 3.63) is 28.5 Å². The lowest BCUT2D eigenvalue weighted by Crippen LogP contribution is -2.03. The summed E-state index contributed by atoms with van der Waals surface area (Å²) in [6.07, 6.45) is 0.862. The molecule has 0 aromatic heterocycles. The Balaban J connectivity index is 3.58. The topological polar surface area (TPSA) is 51.2 Å². The molecule has 0 aliphatic rings. The first kappa shape index (κ1) is 12.9. The Morgan fingerprint density at radius 1 is 1.47 bits per heavy atom. The fraction of sp³-hybridized carbons (Fsp3) is 0.125. The fourth-order valence-corrected chi connectivity index (χ4v) is 2.55. The molecule has 0 saturated heterocycles. The number of carbonyl (C=O) groups excluding carboxylic acids is 1. The van der Waals surface area contributed by atoms with E-state index < -0.39 is 24.3 Å². The van der Waals surface area contributed by atoms with Gasteiger partial charge in [0, 0.05) is 34.4 Å². The molecule has 82 valence electrons. The Kier molecular flexibility index (Phi) is 3.72. The number of rotatable bonds is 2. The van der Waals surface area contributed by atoms with E-state index in [1.54, 1.807) is 0 Å². The monoisotopic (exact) mass is 362 g/mol. The van der Waals surface area contributed by atoms with Crippen molar-refractivity contribution in [1.29, 1.82) is 0 Å². The van der Waals surface area contributed by atoms with E-state index in [4.69, 9.17) is 11.6 Å². The fourth-order valence-electron chi connectivity index (χ4n) is 0.964. The Bertz CT molecular complexity index is 527. The van der Waals surface area contributed by atoms with Crippen molar-refractivity contribution < 1.29 is 17.6 Å². The van der Waals surface area contributed by atoms with Gasteiger partial charge in [-0.05, 0) is 12.1 Å². The second kappa shape index (κ2) is 4.34. The van der Waals surface area contributed by atoms with Gasteiger partial charge in [0.2, 0.25) is 3.79 Å². The van der Waals surface area contributed by atoms with E-state index in [0.717, 1.165) is 18.4 Å². The van der Waals surface area contributed by atoms with Crippen LogP contribution in [0.25, 0.3) is 0 Å². The van der Waals surface area contributed by atoms with Gasteiger partial charge < -0.3 is 0 Å². The third-order valence-corrected chi connectivity index (χ3v) is 3.64. The molecule has 0 aliphatic carbocycles. The molecule has 0 atom stereocenters. The van der Waals surface area contributed by atoms with E-state index >= 15 is 0 Å². The van der Waals surface area contributed by atoms with Gasteiger partial charge in [-0.1, -0.05) is 11.6 Å². The van der Waals surface area contributed by atoms with E-state index in [2.05, 4.69) is 0 Å². The molecule has 1 rings (SSSR count). The Morgan fingerprint density at radius 2 is 2.00 bits per heavy atom. The summed E-state index contributed by atoms with van der Waals surface area (Å²) >= 11 is 7.04.